The molecule has 0 bridgehead atoms. The Labute approximate surface area is 194 Å². The minimum Gasteiger partial charge on any atom is -0.530 e. The topological polar surface area (TPSA) is 179 Å². The van der Waals surface area contributed by atoms with Crippen molar-refractivity contribution in [3.8, 4) is 0 Å². The number of aryl methyl sites for hydroxylation is 2. The first kappa shape index (κ1) is 25.4. The highest BCUT2D eigenvalue weighted by Crippen LogP contribution is 2.26. The van der Waals surface area contributed by atoms with Crippen molar-refractivity contribution in [1.82, 2.24) is 20.5 Å². The molecule has 0 aliphatic rings. The Morgan fingerprint density at radius 3 is 2.15 bits per heavy atom. The van der Waals surface area contributed by atoms with Gasteiger partial charge in [0.1, 0.15) is 12.2 Å². The van der Waals surface area contributed by atoms with Gasteiger partial charge in [-0.3, -0.25) is 9.59 Å². The predicted molar refractivity (Wildman–Crippen MR) is 117 cm³/mol. The van der Waals surface area contributed by atoms with Crippen LogP contribution in [0, 0.1) is 0 Å². The zero-order valence-electron chi connectivity index (χ0n) is 18.3. The lowest BCUT2D eigenvalue weighted by atomic mass is 10.1. The van der Waals surface area contributed by atoms with Crippen molar-refractivity contribution in [1.29, 1.82) is 0 Å². The van der Waals surface area contributed by atoms with Gasteiger partial charge in [0, 0.05) is 31.5 Å². The van der Waals surface area contributed by atoms with E-state index in [4.69, 9.17) is 0 Å². The Bertz CT molecular complexity index is 993. The monoisotopic (exact) mass is 476 g/mol. The van der Waals surface area contributed by atoms with Crippen molar-refractivity contribution in [2.75, 3.05) is 17.7 Å². The predicted octanol–water partition coefficient (Wildman–Crippen LogP) is -0.574. The van der Waals surface area contributed by atoms with Crippen LogP contribution in [0.5, 0.6) is 0 Å². The molecule has 33 heavy (non-hydrogen) atoms. The van der Waals surface area contributed by atoms with Gasteiger partial charge in [-0.1, -0.05) is 23.5 Å². The molecule has 0 spiro atoms. The van der Waals surface area contributed by atoms with Gasteiger partial charge in [-0.05, 0) is 30.5 Å². The molecule has 1 aromatic heterocycles. The summed E-state index contributed by atoms with van der Waals surface area (Å²) in [4.78, 5) is 51.3. The first-order valence-corrected chi connectivity index (χ1v) is 10.6. The summed E-state index contributed by atoms with van der Waals surface area (Å²) < 4.78 is 0. The molecule has 2 aromatic rings. The highest BCUT2D eigenvalue weighted by atomic mass is 32.1. The van der Waals surface area contributed by atoms with E-state index in [1.807, 2.05) is 10.6 Å². The lowest BCUT2D eigenvalue weighted by molar-refractivity contribution is -0.255. The van der Waals surface area contributed by atoms with E-state index in [-0.39, 0.29) is 11.8 Å². The van der Waals surface area contributed by atoms with E-state index >= 15 is 0 Å². The summed E-state index contributed by atoms with van der Waals surface area (Å²) in [6.45, 7) is 3.25. The fourth-order valence-electron chi connectivity index (χ4n) is 2.77. The van der Waals surface area contributed by atoms with E-state index in [1.54, 1.807) is 36.2 Å². The molecule has 0 unspecified atom stereocenters. The third-order valence-corrected chi connectivity index (χ3v) is 5.42. The van der Waals surface area contributed by atoms with Crippen LogP contribution in [0.3, 0.4) is 0 Å². The van der Waals surface area contributed by atoms with Crippen molar-refractivity contribution in [2.45, 2.75) is 39.5 Å². The molecule has 0 fully saturated rings. The SMILES string of the molecule is CC(=O)Nc1nc(CCc2ccc(NC(NC(=O)[O-])NC(=O)[O-])cc2)c(CN(C)C(C)=O)s1. The van der Waals surface area contributed by atoms with Crippen LogP contribution in [-0.4, -0.2) is 47.2 Å². The first-order valence-electron chi connectivity index (χ1n) is 9.82. The van der Waals surface area contributed by atoms with E-state index in [0.29, 0.717) is 30.2 Å². The number of nitrogens with zero attached hydrogens (tertiary/aromatic N) is 2. The molecular weight excluding hydrogens is 452 g/mol. The molecule has 13 heteroatoms. The van der Waals surface area contributed by atoms with Gasteiger partial charge in [0.05, 0.1) is 12.2 Å². The number of carboxylic acid groups (broad SMARTS) is 2. The van der Waals surface area contributed by atoms with E-state index in [0.717, 1.165) is 16.1 Å². The van der Waals surface area contributed by atoms with E-state index in [9.17, 15) is 29.4 Å². The molecule has 0 aliphatic carbocycles. The summed E-state index contributed by atoms with van der Waals surface area (Å²) in [5.41, 5.74) is 2.17. The van der Waals surface area contributed by atoms with Gasteiger partial charge >= 0.3 is 0 Å². The molecular formula is C20H24N6O6S-2. The third-order valence-electron chi connectivity index (χ3n) is 4.42. The molecule has 0 aliphatic heterocycles. The second-order valence-corrected chi connectivity index (χ2v) is 8.17. The van der Waals surface area contributed by atoms with Crippen molar-refractivity contribution in [3.05, 3.63) is 40.4 Å². The quantitative estimate of drug-likeness (QED) is 0.329. The standard InChI is InChI=1S/C20H26N6O6S/c1-11(27)21-18-23-15(16(33-18)10-26(3)12(2)28)9-6-13-4-7-14(8-5-13)22-17(24-19(29)30)25-20(31)32/h4-5,7-8,17,22,24-25H,6,9-10H2,1-3H3,(H,29,30)(H,31,32)(H,21,23,27)/p-2. The van der Waals surface area contributed by atoms with E-state index < -0.39 is 18.5 Å². The number of anilines is 2. The van der Waals surface area contributed by atoms with Crippen LogP contribution in [0.1, 0.15) is 30.0 Å². The summed E-state index contributed by atoms with van der Waals surface area (Å²) in [5.74, 6) is -0.317. The van der Waals surface area contributed by atoms with Gasteiger partial charge in [0.25, 0.3) is 0 Å². The van der Waals surface area contributed by atoms with Gasteiger partial charge in [0.2, 0.25) is 11.8 Å². The number of carbonyl (C=O) groups excluding carboxylic acids is 4. The van der Waals surface area contributed by atoms with Crippen molar-refractivity contribution in [2.24, 2.45) is 0 Å². The molecule has 1 heterocycles. The lowest BCUT2D eigenvalue weighted by Crippen LogP contribution is -2.58. The lowest BCUT2D eigenvalue weighted by Gasteiger charge is -2.24. The fraction of sp³-hybridized carbons (Fsp3) is 0.350. The number of rotatable bonds is 10. The van der Waals surface area contributed by atoms with E-state index in [1.165, 1.54) is 25.2 Å². The third kappa shape index (κ3) is 8.65. The molecule has 1 aromatic carbocycles. The summed E-state index contributed by atoms with van der Waals surface area (Å²) in [6, 6.07) is 6.90. The molecule has 4 N–H and O–H groups in total. The van der Waals surface area contributed by atoms with Gasteiger partial charge in [0.15, 0.2) is 11.4 Å². The smallest absolute Gasteiger partial charge is 0.223 e. The number of carbonyl (C=O) groups is 4. The minimum atomic E-state index is -1.66. The molecule has 4 amide bonds. The molecule has 0 atom stereocenters. The number of amides is 4. The molecule has 0 saturated heterocycles. The van der Waals surface area contributed by atoms with Gasteiger partial charge < -0.3 is 46.0 Å². The van der Waals surface area contributed by atoms with Crippen molar-refractivity contribution < 1.29 is 29.4 Å². The summed E-state index contributed by atoms with van der Waals surface area (Å²) in [7, 11) is 1.69. The maximum atomic E-state index is 11.6. The van der Waals surface area contributed by atoms with Crippen LogP contribution in [0.2, 0.25) is 0 Å². The van der Waals surface area contributed by atoms with Crippen LogP contribution in [0.15, 0.2) is 24.3 Å². The normalized spacial score (nSPS) is 10.4. The summed E-state index contributed by atoms with van der Waals surface area (Å²) >= 11 is 1.32. The average Bonchev–Trinajstić information content (AvgIpc) is 3.06. The van der Waals surface area contributed by atoms with Crippen LogP contribution < -0.4 is 31.5 Å². The fourth-order valence-corrected chi connectivity index (χ4v) is 3.88. The average molecular weight is 477 g/mol. The maximum Gasteiger partial charge on any atom is 0.223 e. The molecule has 0 radical (unpaired) electrons. The van der Waals surface area contributed by atoms with Gasteiger partial charge in [-0.15, -0.1) is 0 Å². The number of aromatic nitrogens is 1. The summed E-state index contributed by atoms with van der Waals surface area (Å²) in [6.07, 6.45) is -3.49. The zero-order valence-corrected chi connectivity index (χ0v) is 19.1. The molecule has 12 nitrogen and oxygen atoms in total. The Kier molecular flexibility index (Phi) is 8.98. The highest BCUT2D eigenvalue weighted by molar-refractivity contribution is 7.15. The van der Waals surface area contributed by atoms with Crippen LogP contribution >= 0.6 is 11.3 Å². The molecule has 178 valence electrons. The molecule has 2 rings (SSSR count). The van der Waals surface area contributed by atoms with Crippen LogP contribution in [0.25, 0.3) is 0 Å². The Morgan fingerprint density at radius 1 is 1.03 bits per heavy atom. The van der Waals surface area contributed by atoms with Crippen LogP contribution in [-0.2, 0) is 29.0 Å². The highest BCUT2D eigenvalue weighted by Gasteiger charge is 2.15. The largest absolute Gasteiger partial charge is 0.530 e. The zero-order chi connectivity index (χ0) is 24.5. The second-order valence-electron chi connectivity index (χ2n) is 7.08. The molecule has 0 saturated carbocycles. The van der Waals surface area contributed by atoms with Crippen LogP contribution in [0.4, 0.5) is 20.4 Å². The number of nitrogens with one attached hydrogen (secondary N) is 4. The first-order chi connectivity index (χ1) is 15.5. The minimum absolute atomic E-state index is 0.0850. The number of hydrogen-bond donors (Lipinski definition) is 4. The number of thiazole rings is 1. The van der Waals surface area contributed by atoms with E-state index in [2.05, 4.69) is 15.6 Å². The number of benzene rings is 1. The van der Waals surface area contributed by atoms with Gasteiger partial charge in [-0.25, -0.2) is 4.98 Å². The maximum absolute atomic E-state index is 11.6. The summed E-state index contributed by atoms with van der Waals surface area (Å²) in [5, 5.41) is 30.9. The van der Waals surface area contributed by atoms with Crippen molar-refractivity contribution in [3.63, 3.8) is 0 Å². The second kappa shape index (κ2) is 11.7. The number of hydrogen-bond acceptors (Lipinski definition) is 9. The Morgan fingerprint density at radius 2 is 1.64 bits per heavy atom. The van der Waals surface area contributed by atoms with Crippen molar-refractivity contribution >= 4 is 46.2 Å². The Hall–Kier alpha value is -3.87. The van der Waals surface area contributed by atoms with Gasteiger partial charge in [-0.2, -0.15) is 0 Å². The Balaban J connectivity index is 2.07.